The van der Waals surface area contributed by atoms with Gasteiger partial charge in [-0.3, -0.25) is 0 Å². The molecule has 2 aromatic heterocycles. The van der Waals surface area contributed by atoms with Crippen molar-refractivity contribution in [2.24, 2.45) is 0 Å². The molecule has 0 radical (unpaired) electrons. The fourth-order valence-electron chi connectivity index (χ4n) is 6.46. The number of benzene rings is 5. The van der Waals surface area contributed by atoms with E-state index < -0.39 is 0 Å². The Hall–Kier alpha value is -4.60. The van der Waals surface area contributed by atoms with Crippen molar-refractivity contribution in [1.29, 1.82) is 0 Å². The van der Waals surface area contributed by atoms with Crippen LogP contribution in [0.2, 0.25) is 0 Å². The van der Waals surface area contributed by atoms with Crippen molar-refractivity contribution in [3.05, 3.63) is 120 Å². The molecule has 1 aliphatic carbocycles. The molecule has 1 aliphatic rings. The molecular formula is C37H30N2O. The smallest absolute Gasteiger partial charge is 0.137 e. The van der Waals surface area contributed by atoms with Gasteiger partial charge in [0.2, 0.25) is 0 Å². The van der Waals surface area contributed by atoms with Crippen LogP contribution in [-0.4, -0.2) is 12.0 Å². The summed E-state index contributed by atoms with van der Waals surface area (Å²) in [4.78, 5) is 3.75. The van der Waals surface area contributed by atoms with Crippen LogP contribution in [0.1, 0.15) is 30.9 Å². The van der Waals surface area contributed by atoms with Gasteiger partial charge in [0.05, 0.1) is 17.1 Å². The molecule has 7 aromatic rings. The van der Waals surface area contributed by atoms with Gasteiger partial charge in [-0.15, -0.1) is 0 Å². The largest absolute Gasteiger partial charge is 0.456 e. The number of rotatable bonds is 4. The van der Waals surface area contributed by atoms with E-state index in [9.17, 15) is 0 Å². The molecule has 1 unspecified atom stereocenters. The Morgan fingerprint density at radius 1 is 0.750 bits per heavy atom. The first-order valence-electron chi connectivity index (χ1n) is 14.2. The lowest BCUT2D eigenvalue weighted by Gasteiger charge is -2.17. The highest BCUT2D eigenvalue weighted by Gasteiger charge is 2.17. The molecule has 0 amide bonds. The van der Waals surface area contributed by atoms with E-state index in [0.717, 1.165) is 46.7 Å². The van der Waals surface area contributed by atoms with Gasteiger partial charge in [-0.2, -0.15) is 0 Å². The van der Waals surface area contributed by atoms with Crippen molar-refractivity contribution in [3.63, 3.8) is 0 Å². The van der Waals surface area contributed by atoms with Gasteiger partial charge in [-0.05, 0) is 78.0 Å². The minimum Gasteiger partial charge on any atom is -0.456 e. The summed E-state index contributed by atoms with van der Waals surface area (Å²) in [5, 5.41) is 10.8. The Balaban J connectivity index is 1.27. The van der Waals surface area contributed by atoms with Gasteiger partial charge >= 0.3 is 0 Å². The molecule has 5 aromatic carbocycles. The molecule has 2 heterocycles. The predicted molar refractivity (Wildman–Crippen MR) is 169 cm³/mol. The van der Waals surface area contributed by atoms with Crippen LogP contribution in [0, 0.1) is 0 Å². The Morgan fingerprint density at radius 2 is 1.60 bits per heavy atom. The third kappa shape index (κ3) is 3.77. The summed E-state index contributed by atoms with van der Waals surface area (Å²) in [5.41, 5.74) is 9.31. The average molecular weight is 519 g/mol. The van der Waals surface area contributed by atoms with Crippen LogP contribution in [-0.2, 0) is 0 Å². The van der Waals surface area contributed by atoms with E-state index in [1.807, 2.05) is 7.05 Å². The van der Waals surface area contributed by atoms with E-state index in [-0.39, 0.29) is 6.04 Å². The normalized spacial score (nSPS) is 15.8. The highest BCUT2D eigenvalue weighted by molar-refractivity contribution is 6.17. The summed E-state index contributed by atoms with van der Waals surface area (Å²) in [5.74, 6) is 0. The minimum atomic E-state index is 0.159. The summed E-state index contributed by atoms with van der Waals surface area (Å²) in [6, 6.07) is 33.0. The number of aromatic amines is 1. The molecule has 0 saturated carbocycles. The second-order valence-corrected chi connectivity index (χ2v) is 11.0. The number of hydrogen-bond donors (Lipinski definition) is 2. The fraction of sp³-hybridized carbons (Fsp3) is 0.135. The first-order chi connectivity index (χ1) is 19.7. The monoisotopic (exact) mass is 518 g/mol. The van der Waals surface area contributed by atoms with Crippen LogP contribution in [0.4, 0.5) is 0 Å². The van der Waals surface area contributed by atoms with Crippen molar-refractivity contribution >= 4 is 54.5 Å². The van der Waals surface area contributed by atoms with Gasteiger partial charge in [-0.1, -0.05) is 84.5 Å². The number of likely N-dealkylation sites (N-methyl/N-ethyl adjacent to an activating group) is 1. The topological polar surface area (TPSA) is 41.0 Å². The highest BCUT2D eigenvalue weighted by Crippen LogP contribution is 2.39. The van der Waals surface area contributed by atoms with Crippen molar-refractivity contribution < 1.29 is 4.42 Å². The minimum absolute atomic E-state index is 0.159. The molecule has 3 nitrogen and oxygen atoms in total. The summed E-state index contributed by atoms with van der Waals surface area (Å²) in [6.45, 7) is 0. The summed E-state index contributed by atoms with van der Waals surface area (Å²) < 4.78 is 6.37. The van der Waals surface area contributed by atoms with Gasteiger partial charge < -0.3 is 14.7 Å². The van der Waals surface area contributed by atoms with Crippen LogP contribution < -0.4 is 5.32 Å². The quantitative estimate of drug-likeness (QED) is 0.228. The van der Waals surface area contributed by atoms with Gasteiger partial charge in [0.15, 0.2) is 0 Å². The number of nitrogens with one attached hydrogen (secondary N) is 2. The number of H-pyrrole nitrogens is 1. The Labute approximate surface area is 232 Å². The van der Waals surface area contributed by atoms with Gasteiger partial charge in [0.1, 0.15) is 11.2 Å². The zero-order valence-electron chi connectivity index (χ0n) is 22.5. The first-order valence-corrected chi connectivity index (χ1v) is 14.2. The molecule has 0 aliphatic heterocycles. The Morgan fingerprint density at radius 3 is 2.48 bits per heavy atom. The van der Waals surface area contributed by atoms with E-state index in [0.29, 0.717) is 0 Å². The van der Waals surface area contributed by atoms with Crippen LogP contribution >= 0.6 is 0 Å². The zero-order chi connectivity index (χ0) is 26.6. The Kier molecular flexibility index (Phi) is 5.39. The molecule has 2 N–H and O–H groups in total. The molecule has 8 rings (SSSR count). The lowest BCUT2D eigenvalue weighted by atomic mass is 9.95. The van der Waals surface area contributed by atoms with Crippen molar-refractivity contribution in [1.82, 2.24) is 10.3 Å². The highest BCUT2D eigenvalue weighted by atomic mass is 16.3. The summed E-state index contributed by atoms with van der Waals surface area (Å²) in [6.07, 6.45) is 10.3. The van der Waals surface area contributed by atoms with E-state index in [1.165, 1.54) is 49.3 Å². The zero-order valence-corrected chi connectivity index (χ0v) is 22.5. The number of fused-ring (bicyclic) bond motifs is 7. The number of furan rings is 1. The van der Waals surface area contributed by atoms with Crippen molar-refractivity contribution in [2.75, 3.05) is 7.05 Å². The molecule has 3 heteroatoms. The van der Waals surface area contributed by atoms with E-state index in [2.05, 4.69) is 120 Å². The average Bonchev–Trinajstić information content (AvgIpc) is 3.56. The van der Waals surface area contributed by atoms with E-state index in [4.69, 9.17) is 4.42 Å². The molecular weight excluding hydrogens is 488 g/mol. The van der Waals surface area contributed by atoms with Crippen LogP contribution in [0.25, 0.3) is 65.6 Å². The maximum Gasteiger partial charge on any atom is 0.137 e. The molecule has 0 fully saturated rings. The SMILES string of the molecule is CNC(/C=C1\CC=CCC1)c1cccc2c1[nH]c1cc3oc4ccc(-c5ccc6ccccc6c5)cc4c3cc12. The van der Waals surface area contributed by atoms with Gasteiger partial charge in [-0.25, -0.2) is 0 Å². The van der Waals surface area contributed by atoms with Crippen molar-refractivity contribution in [2.45, 2.75) is 25.3 Å². The second kappa shape index (κ2) is 9.25. The standard InChI is InChI=1S/C37H30N2O/c1-38-33(18-23-8-3-2-4-9-23)29-13-7-12-28-30-21-32-31-20-27(26-15-14-24-10-5-6-11-25(24)19-26)16-17-35(31)40-36(32)22-34(30)39-37(28)29/h2-3,5-7,10-22,33,38-39H,4,8-9H2,1H3/b23-18+. The summed E-state index contributed by atoms with van der Waals surface area (Å²) >= 11 is 0. The van der Waals surface area contributed by atoms with Crippen LogP contribution in [0.3, 0.4) is 0 Å². The first kappa shape index (κ1) is 23.3. The molecule has 0 spiro atoms. The lowest BCUT2D eigenvalue weighted by molar-refractivity contribution is 0.669. The number of para-hydroxylation sites is 1. The number of hydrogen-bond acceptors (Lipinski definition) is 2. The lowest BCUT2D eigenvalue weighted by Crippen LogP contribution is -2.15. The number of aromatic nitrogens is 1. The van der Waals surface area contributed by atoms with Crippen LogP contribution in [0.15, 0.2) is 119 Å². The molecule has 0 saturated heterocycles. The summed E-state index contributed by atoms with van der Waals surface area (Å²) in [7, 11) is 2.05. The molecule has 40 heavy (non-hydrogen) atoms. The third-order valence-corrected chi connectivity index (χ3v) is 8.57. The molecule has 194 valence electrons. The maximum absolute atomic E-state index is 6.37. The predicted octanol–water partition coefficient (Wildman–Crippen LogP) is 9.97. The second-order valence-electron chi connectivity index (χ2n) is 11.0. The third-order valence-electron chi connectivity index (χ3n) is 8.57. The molecule has 0 bridgehead atoms. The van der Waals surface area contributed by atoms with E-state index in [1.54, 1.807) is 0 Å². The molecule has 1 atom stereocenters. The number of allylic oxidation sites excluding steroid dienone is 3. The van der Waals surface area contributed by atoms with Crippen LogP contribution in [0.5, 0.6) is 0 Å². The fourth-order valence-corrected chi connectivity index (χ4v) is 6.46. The van der Waals surface area contributed by atoms with Gasteiger partial charge in [0.25, 0.3) is 0 Å². The van der Waals surface area contributed by atoms with E-state index >= 15 is 0 Å². The van der Waals surface area contributed by atoms with Crippen molar-refractivity contribution in [3.8, 4) is 11.1 Å². The maximum atomic E-state index is 6.37. The van der Waals surface area contributed by atoms with Gasteiger partial charge in [0, 0.05) is 27.6 Å². The Bertz CT molecular complexity index is 2140.